The number of benzene rings is 3. The Labute approximate surface area is 191 Å². The Kier molecular flexibility index (Phi) is 5.36. The van der Waals surface area contributed by atoms with E-state index < -0.39 is 6.04 Å². The Balaban J connectivity index is 1.47. The van der Waals surface area contributed by atoms with Crippen molar-refractivity contribution in [1.29, 1.82) is 0 Å². The fraction of sp³-hybridized carbons (Fsp3) is 0.115. The smallest absolute Gasteiger partial charge is 0.302 e. The van der Waals surface area contributed by atoms with E-state index in [4.69, 9.17) is 9.41 Å². The molecule has 3 aromatic carbocycles. The summed E-state index contributed by atoms with van der Waals surface area (Å²) in [6.45, 7) is 3.83. The molecule has 33 heavy (non-hydrogen) atoms. The van der Waals surface area contributed by atoms with Gasteiger partial charge in [-0.1, -0.05) is 60.7 Å². The SMILES string of the molecule is CC1=C(C(=O)Nc2ccccc2C)C(c2ccccc2)N=C(Nc2nc3ccccc3o2)N1. The molecule has 0 bridgehead atoms. The highest BCUT2D eigenvalue weighted by Crippen LogP contribution is 2.32. The predicted octanol–water partition coefficient (Wildman–Crippen LogP) is 5.16. The van der Waals surface area contributed by atoms with E-state index in [1.165, 1.54) is 0 Å². The van der Waals surface area contributed by atoms with Crippen molar-refractivity contribution in [1.82, 2.24) is 10.3 Å². The number of para-hydroxylation sites is 3. The van der Waals surface area contributed by atoms with E-state index in [0.717, 1.165) is 22.3 Å². The quantitative estimate of drug-likeness (QED) is 0.410. The van der Waals surface area contributed by atoms with Crippen LogP contribution in [0.2, 0.25) is 0 Å². The Morgan fingerprint density at radius 1 is 0.939 bits per heavy atom. The van der Waals surface area contributed by atoms with Gasteiger partial charge < -0.3 is 15.1 Å². The molecule has 2 heterocycles. The van der Waals surface area contributed by atoms with Crippen LogP contribution in [0.1, 0.15) is 24.1 Å². The third-order valence-corrected chi connectivity index (χ3v) is 5.51. The van der Waals surface area contributed by atoms with Crippen LogP contribution in [-0.4, -0.2) is 16.9 Å². The van der Waals surface area contributed by atoms with E-state index in [0.29, 0.717) is 28.8 Å². The van der Waals surface area contributed by atoms with Gasteiger partial charge in [0.1, 0.15) is 11.6 Å². The number of aryl methyl sites for hydroxylation is 1. The molecule has 7 nitrogen and oxygen atoms in total. The molecular formula is C26H23N5O2. The zero-order valence-electron chi connectivity index (χ0n) is 18.3. The van der Waals surface area contributed by atoms with Crippen LogP contribution in [0, 0.1) is 6.92 Å². The van der Waals surface area contributed by atoms with Crippen LogP contribution in [0.15, 0.2) is 99.5 Å². The van der Waals surface area contributed by atoms with Crippen molar-refractivity contribution in [3.63, 3.8) is 0 Å². The van der Waals surface area contributed by atoms with Crippen LogP contribution < -0.4 is 16.0 Å². The highest BCUT2D eigenvalue weighted by atomic mass is 16.4. The van der Waals surface area contributed by atoms with Crippen LogP contribution in [0.3, 0.4) is 0 Å². The van der Waals surface area contributed by atoms with Crippen LogP contribution >= 0.6 is 0 Å². The number of carbonyl (C=O) groups excluding carboxylic acids is 1. The number of aromatic nitrogens is 1. The van der Waals surface area contributed by atoms with Gasteiger partial charge in [0.25, 0.3) is 5.91 Å². The van der Waals surface area contributed by atoms with Crippen molar-refractivity contribution in [3.05, 3.63) is 101 Å². The van der Waals surface area contributed by atoms with Gasteiger partial charge in [0.2, 0.25) is 5.96 Å². The molecule has 1 aromatic heterocycles. The molecule has 7 heteroatoms. The summed E-state index contributed by atoms with van der Waals surface area (Å²) in [7, 11) is 0. The Bertz CT molecular complexity index is 1360. The van der Waals surface area contributed by atoms with Gasteiger partial charge in [-0.15, -0.1) is 0 Å². The number of oxazole rings is 1. The number of hydrogen-bond acceptors (Lipinski definition) is 6. The minimum atomic E-state index is -0.497. The first-order chi connectivity index (χ1) is 16.1. The maximum Gasteiger partial charge on any atom is 0.302 e. The Morgan fingerprint density at radius 2 is 1.67 bits per heavy atom. The number of rotatable bonds is 4. The van der Waals surface area contributed by atoms with Gasteiger partial charge in [-0.25, -0.2) is 4.99 Å². The summed E-state index contributed by atoms with van der Waals surface area (Å²) in [6.07, 6.45) is 0. The molecular weight excluding hydrogens is 414 g/mol. The summed E-state index contributed by atoms with van der Waals surface area (Å²) in [6, 6.07) is 24.8. The van der Waals surface area contributed by atoms with Crippen molar-refractivity contribution in [2.75, 3.05) is 10.6 Å². The number of aliphatic imine (C=N–C) groups is 1. The van der Waals surface area contributed by atoms with Crippen molar-refractivity contribution in [3.8, 4) is 0 Å². The maximum absolute atomic E-state index is 13.4. The fourth-order valence-electron chi connectivity index (χ4n) is 3.84. The average Bonchev–Trinajstić information content (AvgIpc) is 3.23. The number of guanidine groups is 1. The monoisotopic (exact) mass is 437 g/mol. The van der Waals surface area contributed by atoms with Gasteiger partial charge in [0, 0.05) is 11.4 Å². The lowest BCUT2D eigenvalue weighted by atomic mass is 9.95. The molecule has 3 N–H and O–H groups in total. The first-order valence-corrected chi connectivity index (χ1v) is 10.7. The molecule has 1 aliphatic heterocycles. The van der Waals surface area contributed by atoms with Gasteiger partial charge in [-0.2, -0.15) is 4.98 Å². The number of nitrogens with one attached hydrogen (secondary N) is 3. The predicted molar refractivity (Wildman–Crippen MR) is 130 cm³/mol. The standard InChI is InChI=1S/C26H23N5O2/c1-16-10-6-7-13-19(16)28-24(32)22-17(2)27-25(30-23(22)18-11-4-3-5-12-18)31-26-29-20-14-8-9-15-21(20)33-26/h3-15,23H,1-2H3,(H,28,32)(H2,27,29,30,31). The molecule has 0 fully saturated rings. The van der Waals surface area contributed by atoms with Crippen molar-refractivity contribution < 1.29 is 9.21 Å². The van der Waals surface area contributed by atoms with Gasteiger partial charge in [0.15, 0.2) is 5.58 Å². The number of carbonyl (C=O) groups is 1. The van der Waals surface area contributed by atoms with E-state index in [1.54, 1.807) is 0 Å². The number of nitrogens with zero attached hydrogens (tertiary/aromatic N) is 2. The minimum Gasteiger partial charge on any atom is -0.423 e. The molecule has 0 radical (unpaired) electrons. The summed E-state index contributed by atoms with van der Waals surface area (Å²) in [4.78, 5) is 22.6. The average molecular weight is 438 g/mol. The summed E-state index contributed by atoms with van der Waals surface area (Å²) >= 11 is 0. The number of fused-ring (bicyclic) bond motifs is 1. The normalized spacial score (nSPS) is 15.7. The first kappa shape index (κ1) is 20.5. The first-order valence-electron chi connectivity index (χ1n) is 10.7. The molecule has 1 amide bonds. The zero-order chi connectivity index (χ0) is 22.8. The van der Waals surface area contributed by atoms with Crippen LogP contribution in [0.25, 0.3) is 11.1 Å². The van der Waals surface area contributed by atoms with E-state index >= 15 is 0 Å². The molecule has 1 unspecified atom stereocenters. The minimum absolute atomic E-state index is 0.201. The molecule has 0 spiro atoms. The second kappa shape index (κ2) is 8.63. The highest BCUT2D eigenvalue weighted by molar-refractivity contribution is 6.08. The fourth-order valence-corrected chi connectivity index (χ4v) is 3.84. The topological polar surface area (TPSA) is 91.5 Å². The summed E-state index contributed by atoms with van der Waals surface area (Å²) in [5.74, 6) is 0.258. The van der Waals surface area contributed by atoms with Crippen LogP contribution in [0.5, 0.6) is 0 Å². The molecule has 0 saturated heterocycles. The Hall–Kier alpha value is -4.39. The van der Waals surface area contributed by atoms with E-state index in [-0.39, 0.29) is 5.91 Å². The lowest BCUT2D eigenvalue weighted by molar-refractivity contribution is -0.113. The van der Waals surface area contributed by atoms with Crippen molar-refractivity contribution in [2.45, 2.75) is 19.9 Å². The number of hydrogen-bond donors (Lipinski definition) is 3. The van der Waals surface area contributed by atoms with E-state index in [2.05, 4.69) is 20.9 Å². The lowest BCUT2D eigenvalue weighted by Crippen LogP contribution is -2.37. The van der Waals surface area contributed by atoms with Gasteiger partial charge >= 0.3 is 6.01 Å². The largest absolute Gasteiger partial charge is 0.423 e. The molecule has 0 aliphatic carbocycles. The highest BCUT2D eigenvalue weighted by Gasteiger charge is 2.30. The van der Waals surface area contributed by atoms with E-state index in [9.17, 15) is 4.79 Å². The zero-order valence-corrected chi connectivity index (χ0v) is 18.3. The van der Waals surface area contributed by atoms with Crippen molar-refractivity contribution >= 4 is 34.7 Å². The maximum atomic E-state index is 13.4. The van der Waals surface area contributed by atoms with E-state index in [1.807, 2.05) is 92.7 Å². The third-order valence-electron chi connectivity index (χ3n) is 5.51. The van der Waals surface area contributed by atoms with Gasteiger partial charge in [0.05, 0.1) is 5.57 Å². The summed E-state index contributed by atoms with van der Waals surface area (Å²) in [5, 5.41) is 9.35. The lowest BCUT2D eigenvalue weighted by Gasteiger charge is -2.26. The third kappa shape index (κ3) is 4.21. The molecule has 5 rings (SSSR count). The number of amides is 1. The molecule has 4 aromatic rings. The summed E-state index contributed by atoms with van der Waals surface area (Å²) < 4.78 is 5.78. The number of anilines is 2. The summed E-state index contributed by atoms with van der Waals surface area (Å²) in [5.41, 5.74) is 5.35. The van der Waals surface area contributed by atoms with Crippen LogP contribution in [-0.2, 0) is 4.79 Å². The molecule has 1 atom stereocenters. The Morgan fingerprint density at radius 3 is 2.45 bits per heavy atom. The molecule has 1 aliphatic rings. The molecule has 0 saturated carbocycles. The van der Waals surface area contributed by atoms with Gasteiger partial charge in [-0.05, 0) is 43.2 Å². The number of allylic oxidation sites excluding steroid dienone is 1. The second-order valence-corrected chi connectivity index (χ2v) is 7.84. The van der Waals surface area contributed by atoms with Crippen LogP contribution in [0.4, 0.5) is 11.7 Å². The molecule has 164 valence electrons. The van der Waals surface area contributed by atoms with Gasteiger partial charge in [-0.3, -0.25) is 10.1 Å². The second-order valence-electron chi connectivity index (χ2n) is 7.84. The van der Waals surface area contributed by atoms with Crippen molar-refractivity contribution in [2.24, 2.45) is 4.99 Å².